The number of benzene rings is 2. The molecule has 1 atom stereocenters. The lowest BCUT2D eigenvalue weighted by atomic mass is 9.71. The highest BCUT2D eigenvalue weighted by molar-refractivity contribution is 6.30. The largest absolute Gasteiger partial charge is 0.493 e. The van der Waals surface area contributed by atoms with Crippen LogP contribution in [0.3, 0.4) is 0 Å². The van der Waals surface area contributed by atoms with Gasteiger partial charge in [-0.2, -0.15) is 26.3 Å². The van der Waals surface area contributed by atoms with Gasteiger partial charge in [0.15, 0.2) is 0 Å². The molecule has 3 rings (SSSR count). The highest BCUT2D eigenvalue weighted by Gasteiger charge is 2.55. The van der Waals surface area contributed by atoms with Crippen LogP contribution in [0.4, 0.5) is 30.7 Å². The maximum atomic E-state index is 14.5. The van der Waals surface area contributed by atoms with Gasteiger partial charge in [0.25, 0.3) is 0 Å². The van der Waals surface area contributed by atoms with Gasteiger partial charge in [0.2, 0.25) is 0 Å². The third-order valence-electron chi connectivity index (χ3n) is 5.70. The molecule has 0 bridgehead atoms. The minimum Gasteiger partial charge on any atom is -0.493 e. The molecule has 0 aliphatic carbocycles. The maximum Gasteiger partial charge on any atom is 0.416 e. The van der Waals surface area contributed by atoms with Crippen LogP contribution in [0.2, 0.25) is 5.02 Å². The zero-order valence-electron chi connectivity index (χ0n) is 17.2. The third kappa shape index (κ3) is 4.69. The molecule has 1 heterocycles. The van der Waals surface area contributed by atoms with Crippen molar-refractivity contribution in [3.8, 4) is 5.75 Å². The van der Waals surface area contributed by atoms with Crippen LogP contribution in [-0.4, -0.2) is 18.3 Å². The zero-order chi connectivity index (χ0) is 24.1. The van der Waals surface area contributed by atoms with Gasteiger partial charge >= 0.3 is 12.4 Å². The van der Waals surface area contributed by atoms with Gasteiger partial charge in [-0.25, -0.2) is 4.39 Å². The molecule has 2 N–H and O–H groups in total. The second kappa shape index (κ2) is 8.09. The van der Waals surface area contributed by atoms with Gasteiger partial charge in [-0.1, -0.05) is 43.6 Å². The minimum atomic E-state index is -5.05. The lowest BCUT2D eigenvalue weighted by Gasteiger charge is -2.39. The van der Waals surface area contributed by atoms with Crippen LogP contribution in [0.25, 0.3) is 0 Å². The summed E-state index contributed by atoms with van der Waals surface area (Å²) in [7, 11) is 0. The van der Waals surface area contributed by atoms with E-state index in [1.807, 2.05) is 0 Å². The molecule has 1 unspecified atom stereocenters. The van der Waals surface area contributed by atoms with Gasteiger partial charge in [-0.3, -0.25) is 0 Å². The Morgan fingerprint density at radius 1 is 1.06 bits per heavy atom. The van der Waals surface area contributed by atoms with Crippen LogP contribution in [0.5, 0.6) is 5.75 Å². The molecule has 0 saturated heterocycles. The summed E-state index contributed by atoms with van der Waals surface area (Å²) in [5, 5.41) is -0.923. The van der Waals surface area contributed by atoms with Gasteiger partial charge < -0.3 is 10.5 Å². The Morgan fingerprint density at radius 3 is 2.31 bits per heavy atom. The Labute approximate surface area is 185 Å². The van der Waals surface area contributed by atoms with Crippen molar-refractivity contribution in [2.24, 2.45) is 5.73 Å². The molecule has 0 spiro atoms. The van der Waals surface area contributed by atoms with Crippen LogP contribution < -0.4 is 10.5 Å². The predicted molar refractivity (Wildman–Crippen MR) is 106 cm³/mol. The van der Waals surface area contributed by atoms with E-state index in [4.69, 9.17) is 22.1 Å². The van der Waals surface area contributed by atoms with E-state index in [0.717, 1.165) is 5.56 Å². The Kier molecular flexibility index (Phi) is 6.23. The van der Waals surface area contributed by atoms with Crippen LogP contribution in [0, 0.1) is 5.82 Å². The molecular formula is C22H21ClF7NO. The normalized spacial score (nSPS) is 16.5. The van der Waals surface area contributed by atoms with E-state index in [1.54, 1.807) is 18.2 Å². The number of nitrogens with two attached hydrogens (primary N) is 1. The Morgan fingerprint density at radius 2 is 1.72 bits per heavy atom. The van der Waals surface area contributed by atoms with Crippen molar-refractivity contribution >= 4 is 11.6 Å². The van der Waals surface area contributed by atoms with Crippen molar-refractivity contribution in [2.45, 2.75) is 56.4 Å². The molecule has 0 fully saturated rings. The summed E-state index contributed by atoms with van der Waals surface area (Å²) in [5.74, 6) is -0.879. The highest BCUT2D eigenvalue weighted by Crippen LogP contribution is 2.46. The first-order valence-corrected chi connectivity index (χ1v) is 10.1. The number of fused-ring (bicyclic) bond motifs is 1. The number of ether oxygens (including phenoxy) is 1. The topological polar surface area (TPSA) is 35.2 Å². The monoisotopic (exact) mass is 483 g/mol. The molecular weight excluding hydrogens is 463 g/mol. The number of para-hydroxylation sites is 1. The highest BCUT2D eigenvalue weighted by atomic mass is 35.5. The second-order valence-electron chi connectivity index (χ2n) is 8.71. The number of hydrogen-bond donors (Lipinski definition) is 1. The molecule has 0 aromatic heterocycles. The fourth-order valence-corrected chi connectivity index (χ4v) is 4.41. The van der Waals surface area contributed by atoms with E-state index in [1.165, 1.54) is 13.8 Å². The van der Waals surface area contributed by atoms with Crippen LogP contribution in [-0.2, 0) is 24.4 Å². The van der Waals surface area contributed by atoms with Crippen LogP contribution in [0.1, 0.15) is 42.5 Å². The first kappa shape index (κ1) is 24.6. The number of alkyl halides is 6. The third-order valence-corrected chi connectivity index (χ3v) is 5.98. The number of halogens is 8. The van der Waals surface area contributed by atoms with E-state index < -0.39 is 58.1 Å². The molecule has 2 nitrogen and oxygen atoms in total. The molecule has 10 heteroatoms. The van der Waals surface area contributed by atoms with Crippen molar-refractivity contribution in [3.05, 3.63) is 63.4 Å². The second-order valence-corrected chi connectivity index (χ2v) is 9.12. The molecule has 1 aliphatic rings. The van der Waals surface area contributed by atoms with Crippen molar-refractivity contribution < 1.29 is 35.5 Å². The number of hydrogen-bond acceptors (Lipinski definition) is 2. The summed E-state index contributed by atoms with van der Waals surface area (Å²) >= 11 is 5.55. The molecule has 176 valence electrons. The van der Waals surface area contributed by atoms with E-state index >= 15 is 0 Å². The summed E-state index contributed by atoms with van der Waals surface area (Å²) in [4.78, 5) is 0. The van der Waals surface area contributed by atoms with Crippen molar-refractivity contribution in [2.75, 3.05) is 6.61 Å². The lowest BCUT2D eigenvalue weighted by molar-refractivity contribution is -0.191. The first-order chi connectivity index (χ1) is 14.6. The van der Waals surface area contributed by atoms with E-state index in [2.05, 4.69) is 0 Å². The summed E-state index contributed by atoms with van der Waals surface area (Å²) in [5.41, 5.74) is 0.710. The van der Waals surface area contributed by atoms with E-state index in [9.17, 15) is 30.7 Å². The van der Waals surface area contributed by atoms with Crippen molar-refractivity contribution in [1.29, 1.82) is 0 Å². The van der Waals surface area contributed by atoms with Crippen molar-refractivity contribution in [3.63, 3.8) is 0 Å². The van der Waals surface area contributed by atoms with E-state index in [-0.39, 0.29) is 0 Å². The molecule has 2 aromatic carbocycles. The first-order valence-electron chi connectivity index (χ1n) is 9.71. The lowest BCUT2D eigenvalue weighted by Crippen LogP contribution is -2.58. The summed E-state index contributed by atoms with van der Waals surface area (Å²) in [6.07, 6.45) is -11.3. The molecule has 0 amide bonds. The average Bonchev–Trinajstić information content (AvgIpc) is 3.11. The van der Waals surface area contributed by atoms with Gasteiger partial charge in [-0.15, -0.1) is 0 Å². The number of rotatable bonds is 5. The smallest absolute Gasteiger partial charge is 0.416 e. The fourth-order valence-electron chi connectivity index (χ4n) is 4.17. The van der Waals surface area contributed by atoms with Crippen LogP contribution in [0.15, 0.2) is 30.3 Å². The van der Waals surface area contributed by atoms with Gasteiger partial charge in [-0.05, 0) is 35.1 Å². The predicted octanol–water partition coefficient (Wildman–Crippen LogP) is 6.60. The quantitative estimate of drug-likeness (QED) is 0.486. The fraction of sp³-hybridized carbons (Fsp3) is 0.455. The van der Waals surface area contributed by atoms with Gasteiger partial charge in [0, 0.05) is 18.4 Å². The minimum absolute atomic E-state index is 0.324. The Bertz CT molecular complexity index is 1020. The Hall–Kier alpha value is -2.00. The van der Waals surface area contributed by atoms with E-state index in [0.29, 0.717) is 36.5 Å². The summed E-state index contributed by atoms with van der Waals surface area (Å²) in [6, 6.07) is 5.79. The molecule has 0 saturated carbocycles. The standard InChI is InChI=1S/C22H21ClF7NO/c1-19(2,15-5-3-4-12-6-7-32-18(12)15)11-20(31,22(28,29)30)10-13-8-14(21(25,26)27)9-16(23)17(13)24/h3-5,8-9H,6-7,10-11,31H2,1-2H3. The van der Waals surface area contributed by atoms with Crippen molar-refractivity contribution in [1.82, 2.24) is 0 Å². The maximum absolute atomic E-state index is 14.5. The summed E-state index contributed by atoms with van der Waals surface area (Å²) in [6.45, 7) is 3.46. The average molecular weight is 484 g/mol. The Balaban J connectivity index is 2.04. The summed E-state index contributed by atoms with van der Waals surface area (Å²) < 4.78 is 102. The molecule has 0 radical (unpaired) electrons. The van der Waals surface area contributed by atoms with Gasteiger partial charge in [0.1, 0.15) is 17.1 Å². The zero-order valence-corrected chi connectivity index (χ0v) is 18.0. The van der Waals surface area contributed by atoms with Crippen LogP contribution >= 0.6 is 11.6 Å². The molecule has 1 aliphatic heterocycles. The van der Waals surface area contributed by atoms with Gasteiger partial charge in [0.05, 0.1) is 17.2 Å². The SMILES string of the molecule is CC(C)(CC(N)(Cc1cc(C(F)(F)F)cc(Cl)c1F)C(F)(F)F)c1cccc2c1OCC2. The molecule has 32 heavy (non-hydrogen) atoms. The molecule has 2 aromatic rings.